The minimum atomic E-state index is -0.262. The summed E-state index contributed by atoms with van der Waals surface area (Å²) in [6.07, 6.45) is 3.67. The SMILES string of the molecule is CCCNc1ncc(Br)c(NCC2(OC)CCOC2)n1. The first-order chi connectivity index (χ1) is 9.69. The minimum absolute atomic E-state index is 0.262. The Morgan fingerprint density at radius 2 is 2.35 bits per heavy atom. The van der Waals surface area contributed by atoms with Crippen LogP contribution in [-0.4, -0.2) is 49.0 Å². The molecule has 1 saturated heterocycles. The summed E-state index contributed by atoms with van der Waals surface area (Å²) < 4.78 is 11.9. The average Bonchev–Trinajstić information content (AvgIpc) is 2.94. The number of nitrogens with zero attached hydrogens (tertiary/aromatic N) is 2. The van der Waals surface area contributed by atoms with Crippen molar-refractivity contribution in [1.29, 1.82) is 0 Å². The van der Waals surface area contributed by atoms with Crippen molar-refractivity contribution in [2.24, 2.45) is 0 Å². The second-order valence-electron chi connectivity index (χ2n) is 4.86. The first-order valence-electron chi connectivity index (χ1n) is 6.82. The van der Waals surface area contributed by atoms with Crippen LogP contribution in [0.4, 0.5) is 11.8 Å². The number of nitrogens with one attached hydrogen (secondary N) is 2. The van der Waals surface area contributed by atoms with Gasteiger partial charge >= 0.3 is 0 Å². The van der Waals surface area contributed by atoms with Crippen molar-refractivity contribution < 1.29 is 9.47 Å². The molecule has 0 aliphatic carbocycles. The monoisotopic (exact) mass is 344 g/mol. The highest BCUT2D eigenvalue weighted by Crippen LogP contribution is 2.25. The molecule has 1 aliphatic rings. The molecule has 0 amide bonds. The lowest BCUT2D eigenvalue weighted by Gasteiger charge is -2.26. The molecule has 1 aromatic rings. The van der Waals surface area contributed by atoms with Crippen LogP contribution in [-0.2, 0) is 9.47 Å². The maximum atomic E-state index is 5.59. The van der Waals surface area contributed by atoms with E-state index in [-0.39, 0.29) is 5.60 Å². The summed E-state index contributed by atoms with van der Waals surface area (Å²) in [5, 5.41) is 6.49. The van der Waals surface area contributed by atoms with Crippen LogP contribution in [0.1, 0.15) is 19.8 Å². The zero-order valence-electron chi connectivity index (χ0n) is 11.9. The third-order valence-electron chi connectivity index (χ3n) is 3.36. The first kappa shape index (κ1) is 15.5. The molecular weight excluding hydrogens is 324 g/mol. The van der Waals surface area contributed by atoms with Crippen LogP contribution in [0.15, 0.2) is 10.7 Å². The molecule has 0 saturated carbocycles. The van der Waals surface area contributed by atoms with Crippen LogP contribution in [0.5, 0.6) is 0 Å². The van der Waals surface area contributed by atoms with Gasteiger partial charge in [-0.05, 0) is 22.4 Å². The molecule has 0 spiro atoms. The summed E-state index contributed by atoms with van der Waals surface area (Å²) in [6, 6.07) is 0. The van der Waals surface area contributed by atoms with Crippen molar-refractivity contribution in [2.75, 3.05) is 44.0 Å². The Labute approximate surface area is 127 Å². The molecule has 7 heteroatoms. The highest BCUT2D eigenvalue weighted by atomic mass is 79.9. The van der Waals surface area contributed by atoms with E-state index in [1.54, 1.807) is 13.3 Å². The van der Waals surface area contributed by atoms with Crippen molar-refractivity contribution >= 4 is 27.7 Å². The Morgan fingerprint density at radius 1 is 1.50 bits per heavy atom. The van der Waals surface area contributed by atoms with E-state index in [9.17, 15) is 0 Å². The Hall–Kier alpha value is -0.920. The van der Waals surface area contributed by atoms with Crippen molar-refractivity contribution in [3.8, 4) is 0 Å². The molecule has 1 aromatic heterocycles. The van der Waals surface area contributed by atoms with Crippen molar-refractivity contribution in [1.82, 2.24) is 9.97 Å². The summed E-state index contributed by atoms with van der Waals surface area (Å²) in [5.41, 5.74) is -0.262. The Balaban J connectivity index is 2.00. The molecule has 0 bridgehead atoms. The van der Waals surface area contributed by atoms with Gasteiger partial charge in [0, 0.05) is 39.4 Å². The Morgan fingerprint density at radius 3 is 3.00 bits per heavy atom. The number of halogens is 1. The quantitative estimate of drug-likeness (QED) is 0.790. The fourth-order valence-corrected chi connectivity index (χ4v) is 2.35. The molecule has 6 nitrogen and oxygen atoms in total. The van der Waals surface area contributed by atoms with E-state index in [0.29, 0.717) is 19.1 Å². The molecule has 0 aromatic carbocycles. The van der Waals surface area contributed by atoms with Gasteiger partial charge < -0.3 is 20.1 Å². The zero-order chi connectivity index (χ0) is 14.4. The van der Waals surface area contributed by atoms with E-state index in [2.05, 4.69) is 43.5 Å². The van der Waals surface area contributed by atoms with Gasteiger partial charge in [-0.1, -0.05) is 6.92 Å². The average molecular weight is 345 g/mol. The molecular formula is C13H21BrN4O2. The Kier molecular flexibility index (Phi) is 5.56. The van der Waals surface area contributed by atoms with Gasteiger partial charge in [0.05, 0.1) is 11.1 Å². The number of anilines is 2. The second-order valence-corrected chi connectivity index (χ2v) is 5.71. The zero-order valence-corrected chi connectivity index (χ0v) is 13.5. The maximum absolute atomic E-state index is 5.59. The van der Waals surface area contributed by atoms with Gasteiger partial charge in [0.1, 0.15) is 11.4 Å². The van der Waals surface area contributed by atoms with Crippen molar-refractivity contribution in [2.45, 2.75) is 25.4 Å². The van der Waals surface area contributed by atoms with Gasteiger partial charge in [-0.2, -0.15) is 4.98 Å². The third-order valence-corrected chi connectivity index (χ3v) is 3.94. The van der Waals surface area contributed by atoms with E-state index in [1.807, 2.05) is 0 Å². The molecule has 2 rings (SSSR count). The lowest BCUT2D eigenvalue weighted by molar-refractivity contribution is -0.00626. The highest BCUT2D eigenvalue weighted by molar-refractivity contribution is 9.10. The molecule has 1 atom stereocenters. The molecule has 1 unspecified atom stereocenters. The normalized spacial score (nSPS) is 21.9. The van der Waals surface area contributed by atoms with Gasteiger partial charge in [0.15, 0.2) is 0 Å². The van der Waals surface area contributed by atoms with Crippen molar-refractivity contribution in [3.63, 3.8) is 0 Å². The Bertz CT molecular complexity index is 438. The molecule has 1 aliphatic heterocycles. The van der Waals surface area contributed by atoms with E-state index in [1.165, 1.54) is 0 Å². The van der Waals surface area contributed by atoms with Gasteiger partial charge in [-0.15, -0.1) is 0 Å². The lowest BCUT2D eigenvalue weighted by atomic mass is 10.0. The summed E-state index contributed by atoms with van der Waals surface area (Å²) in [4.78, 5) is 8.69. The van der Waals surface area contributed by atoms with Crippen LogP contribution in [0, 0.1) is 0 Å². The second kappa shape index (κ2) is 7.19. The molecule has 2 N–H and O–H groups in total. The van der Waals surface area contributed by atoms with E-state index >= 15 is 0 Å². The number of rotatable bonds is 7. The summed E-state index contributed by atoms with van der Waals surface area (Å²) in [7, 11) is 1.72. The van der Waals surface area contributed by atoms with Crippen molar-refractivity contribution in [3.05, 3.63) is 10.7 Å². The van der Waals surface area contributed by atoms with E-state index < -0.39 is 0 Å². The minimum Gasteiger partial charge on any atom is -0.378 e. The van der Waals surface area contributed by atoms with Crippen LogP contribution in [0.2, 0.25) is 0 Å². The molecule has 0 radical (unpaired) electrons. The van der Waals surface area contributed by atoms with Crippen LogP contribution >= 0.6 is 15.9 Å². The molecule has 20 heavy (non-hydrogen) atoms. The maximum Gasteiger partial charge on any atom is 0.224 e. The van der Waals surface area contributed by atoms with Gasteiger partial charge in [0.2, 0.25) is 5.95 Å². The fraction of sp³-hybridized carbons (Fsp3) is 0.692. The van der Waals surface area contributed by atoms with Crippen LogP contribution < -0.4 is 10.6 Å². The number of aromatic nitrogens is 2. The van der Waals surface area contributed by atoms with Gasteiger partial charge in [-0.3, -0.25) is 0 Å². The predicted molar refractivity (Wildman–Crippen MR) is 82.2 cm³/mol. The standard InChI is InChI=1S/C13H21BrN4O2/c1-3-5-15-12-16-7-10(14)11(18-12)17-8-13(19-2)4-6-20-9-13/h7H,3-6,8-9H2,1-2H3,(H2,15,16,17,18). The topological polar surface area (TPSA) is 68.3 Å². The molecule has 1 fully saturated rings. The molecule has 112 valence electrons. The van der Waals surface area contributed by atoms with E-state index in [4.69, 9.17) is 9.47 Å². The number of hydrogen-bond donors (Lipinski definition) is 2. The number of hydrogen-bond acceptors (Lipinski definition) is 6. The number of ether oxygens (including phenoxy) is 2. The lowest BCUT2D eigenvalue weighted by Crippen LogP contribution is -2.39. The summed E-state index contributed by atoms with van der Waals surface area (Å²) >= 11 is 3.46. The summed E-state index contributed by atoms with van der Waals surface area (Å²) in [6.45, 7) is 4.97. The largest absolute Gasteiger partial charge is 0.378 e. The smallest absolute Gasteiger partial charge is 0.224 e. The summed E-state index contributed by atoms with van der Waals surface area (Å²) in [5.74, 6) is 1.40. The fourth-order valence-electron chi connectivity index (χ4n) is 2.02. The van der Waals surface area contributed by atoms with Gasteiger partial charge in [-0.25, -0.2) is 4.98 Å². The van der Waals surface area contributed by atoms with Crippen LogP contribution in [0.25, 0.3) is 0 Å². The predicted octanol–water partition coefficient (Wildman–Crippen LogP) is 2.28. The van der Waals surface area contributed by atoms with Crippen LogP contribution in [0.3, 0.4) is 0 Å². The van der Waals surface area contributed by atoms with E-state index in [0.717, 1.165) is 36.3 Å². The molecule has 2 heterocycles. The first-order valence-corrected chi connectivity index (χ1v) is 7.61. The third kappa shape index (κ3) is 3.80. The van der Waals surface area contributed by atoms with Gasteiger partial charge in [0.25, 0.3) is 0 Å². The highest BCUT2D eigenvalue weighted by Gasteiger charge is 2.34. The number of methoxy groups -OCH3 is 1.